The zero-order valence-corrected chi connectivity index (χ0v) is 9.42. The van der Waals surface area contributed by atoms with Crippen LogP contribution in [0, 0.1) is 10.1 Å². The number of anilines is 1. The summed E-state index contributed by atoms with van der Waals surface area (Å²) in [6, 6.07) is 4.91. The maximum Gasteiger partial charge on any atom is 0.292 e. The van der Waals surface area contributed by atoms with Crippen molar-refractivity contribution in [1.29, 1.82) is 0 Å². The summed E-state index contributed by atoms with van der Waals surface area (Å²) in [5.74, 6) is 1.95. The third-order valence-electron chi connectivity index (χ3n) is 1.91. The van der Waals surface area contributed by atoms with E-state index >= 15 is 0 Å². The lowest BCUT2D eigenvalue weighted by Gasteiger charge is -2.02. The molecule has 0 aliphatic heterocycles. The smallest absolute Gasteiger partial charge is 0.292 e. The van der Waals surface area contributed by atoms with Gasteiger partial charge in [-0.1, -0.05) is 13.0 Å². The minimum atomic E-state index is -0.460. The molecule has 0 spiro atoms. The Labute approximate surface area is 93.0 Å². The van der Waals surface area contributed by atoms with Gasteiger partial charge in [-0.2, -0.15) is 11.8 Å². The van der Waals surface area contributed by atoms with Crippen molar-refractivity contribution in [2.24, 2.45) is 0 Å². The van der Waals surface area contributed by atoms with Crippen molar-refractivity contribution in [1.82, 2.24) is 0 Å². The standard InChI is InChI=1S/C10H14N2O2S/c1-2-5-15-7-8-3-4-10(12(13)14)9(11)6-8/h3-4,6H,2,5,7,11H2,1H3. The molecular formula is C10H14N2O2S. The quantitative estimate of drug-likeness (QED) is 0.363. The first-order chi connectivity index (χ1) is 7.15. The molecule has 0 saturated heterocycles. The fraction of sp³-hybridized carbons (Fsp3) is 0.400. The SMILES string of the molecule is CCCSCc1ccc([N+](=O)[O-])c(N)c1. The van der Waals surface area contributed by atoms with Gasteiger partial charge in [-0.25, -0.2) is 0 Å². The van der Waals surface area contributed by atoms with Gasteiger partial charge in [-0.15, -0.1) is 0 Å². The number of benzene rings is 1. The first-order valence-electron chi connectivity index (χ1n) is 4.75. The van der Waals surface area contributed by atoms with Crippen LogP contribution < -0.4 is 5.73 Å². The summed E-state index contributed by atoms with van der Waals surface area (Å²) < 4.78 is 0. The Morgan fingerprint density at radius 1 is 1.53 bits per heavy atom. The van der Waals surface area contributed by atoms with Gasteiger partial charge in [0.15, 0.2) is 0 Å². The molecule has 0 aliphatic rings. The molecule has 0 bridgehead atoms. The molecule has 0 atom stereocenters. The van der Waals surface area contributed by atoms with E-state index in [0.29, 0.717) is 0 Å². The van der Waals surface area contributed by atoms with Gasteiger partial charge in [0.05, 0.1) is 4.92 Å². The third kappa shape index (κ3) is 3.43. The van der Waals surface area contributed by atoms with Gasteiger partial charge in [0.2, 0.25) is 0 Å². The van der Waals surface area contributed by atoms with E-state index in [9.17, 15) is 10.1 Å². The van der Waals surface area contributed by atoms with Gasteiger partial charge < -0.3 is 5.73 Å². The zero-order chi connectivity index (χ0) is 11.3. The Kier molecular flexibility index (Phi) is 4.42. The van der Waals surface area contributed by atoms with E-state index in [4.69, 9.17) is 5.73 Å². The second-order valence-electron chi connectivity index (χ2n) is 3.20. The van der Waals surface area contributed by atoms with Crippen LogP contribution in [0.1, 0.15) is 18.9 Å². The monoisotopic (exact) mass is 226 g/mol. The van der Waals surface area contributed by atoms with E-state index in [0.717, 1.165) is 23.5 Å². The highest BCUT2D eigenvalue weighted by Crippen LogP contribution is 2.24. The molecule has 1 rings (SSSR count). The van der Waals surface area contributed by atoms with Crippen LogP contribution in [0.5, 0.6) is 0 Å². The lowest BCUT2D eigenvalue weighted by Crippen LogP contribution is -1.96. The molecule has 0 fully saturated rings. The molecule has 15 heavy (non-hydrogen) atoms. The zero-order valence-electron chi connectivity index (χ0n) is 8.60. The number of nitrogens with two attached hydrogens (primary N) is 1. The van der Waals surface area contributed by atoms with Crippen LogP contribution >= 0.6 is 11.8 Å². The van der Waals surface area contributed by atoms with E-state index in [-0.39, 0.29) is 11.4 Å². The summed E-state index contributed by atoms with van der Waals surface area (Å²) >= 11 is 1.80. The third-order valence-corrected chi connectivity index (χ3v) is 3.14. The van der Waals surface area contributed by atoms with Crippen LogP contribution in [0.25, 0.3) is 0 Å². The summed E-state index contributed by atoms with van der Waals surface area (Å²) in [5.41, 5.74) is 6.84. The number of nitro groups is 1. The predicted octanol–water partition coefficient (Wildman–Crippen LogP) is 2.82. The summed E-state index contributed by atoms with van der Waals surface area (Å²) in [6.45, 7) is 2.12. The largest absolute Gasteiger partial charge is 0.393 e. The Hall–Kier alpha value is -1.23. The maximum absolute atomic E-state index is 10.5. The van der Waals surface area contributed by atoms with Gasteiger partial charge >= 0.3 is 0 Å². The van der Waals surface area contributed by atoms with Gasteiger partial charge in [0.25, 0.3) is 5.69 Å². The average Bonchev–Trinajstić information content (AvgIpc) is 2.17. The van der Waals surface area contributed by atoms with E-state index < -0.39 is 4.92 Å². The summed E-state index contributed by atoms with van der Waals surface area (Å²) in [7, 11) is 0. The summed E-state index contributed by atoms with van der Waals surface area (Å²) in [5, 5.41) is 10.5. The van der Waals surface area contributed by atoms with Crippen molar-refractivity contribution < 1.29 is 4.92 Å². The number of nitro benzene ring substituents is 1. The van der Waals surface area contributed by atoms with Crippen molar-refractivity contribution in [3.05, 3.63) is 33.9 Å². The van der Waals surface area contributed by atoms with Crippen LogP contribution in [-0.2, 0) is 5.75 Å². The molecule has 0 saturated carbocycles. The molecule has 0 unspecified atom stereocenters. The first-order valence-corrected chi connectivity index (χ1v) is 5.91. The Balaban J connectivity index is 2.69. The lowest BCUT2D eigenvalue weighted by molar-refractivity contribution is -0.383. The maximum atomic E-state index is 10.5. The second kappa shape index (κ2) is 5.60. The van der Waals surface area contributed by atoms with E-state index in [1.807, 2.05) is 0 Å². The average molecular weight is 226 g/mol. The minimum Gasteiger partial charge on any atom is -0.393 e. The van der Waals surface area contributed by atoms with Crippen LogP contribution in [0.15, 0.2) is 18.2 Å². The number of rotatable bonds is 5. The first kappa shape index (κ1) is 11.8. The minimum absolute atomic E-state index is 0.0146. The molecule has 1 aromatic carbocycles. The summed E-state index contributed by atoms with van der Waals surface area (Å²) in [6.07, 6.45) is 1.13. The topological polar surface area (TPSA) is 69.2 Å². The fourth-order valence-electron chi connectivity index (χ4n) is 1.19. The fourth-order valence-corrected chi connectivity index (χ4v) is 2.04. The highest BCUT2D eigenvalue weighted by atomic mass is 32.2. The van der Waals surface area contributed by atoms with E-state index in [1.165, 1.54) is 6.07 Å². The molecule has 2 N–H and O–H groups in total. The molecule has 0 heterocycles. The second-order valence-corrected chi connectivity index (χ2v) is 4.31. The molecule has 5 heteroatoms. The molecular weight excluding hydrogens is 212 g/mol. The molecule has 82 valence electrons. The molecule has 0 aromatic heterocycles. The highest BCUT2D eigenvalue weighted by Gasteiger charge is 2.10. The van der Waals surface area contributed by atoms with Crippen LogP contribution in [0.2, 0.25) is 0 Å². The van der Waals surface area contributed by atoms with Crippen LogP contribution in [0.4, 0.5) is 11.4 Å². The van der Waals surface area contributed by atoms with Crippen molar-refractivity contribution in [2.45, 2.75) is 19.1 Å². The molecule has 4 nitrogen and oxygen atoms in total. The van der Waals surface area contributed by atoms with Gasteiger partial charge in [-0.3, -0.25) is 10.1 Å². The number of nitrogen functional groups attached to an aromatic ring is 1. The van der Waals surface area contributed by atoms with Crippen LogP contribution in [-0.4, -0.2) is 10.7 Å². The van der Waals surface area contributed by atoms with Crippen molar-refractivity contribution in [2.75, 3.05) is 11.5 Å². The lowest BCUT2D eigenvalue weighted by atomic mass is 10.2. The normalized spacial score (nSPS) is 10.2. The van der Waals surface area contributed by atoms with Crippen molar-refractivity contribution in [3.8, 4) is 0 Å². The van der Waals surface area contributed by atoms with E-state index in [1.54, 1.807) is 23.9 Å². The van der Waals surface area contributed by atoms with Crippen LogP contribution in [0.3, 0.4) is 0 Å². The van der Waals surface area contributed by atoms with Gasteiger partial charge in [0, 0.05) is 11.8 Å². The Morgan fingerprint density at radius 2 is 2.27 bits per heavy atom. The Bertz CT molecular complexity index is 355. The van der Waals surface area contributed by atoms with Crippen molar-refractivity contribution in [3.63, 3.8) is 0 Å². The molecule has 1 aromatic rings. The molecule has 0 amide bonds. The summed E-state index contributed by atoms with van der Waals surface area (Å²) in [4.78, 5) is 10.1. The van der Waals surface area contributed by atoms with E-state index in [2.05, 4.69) is 6.92 Å². The Morgan fingerprint density at radius 3 is 2.80 bits per heavy atom. The van der Waals surface area contributed by atoms with Gasteiger partial charge in [-0.05, 0) is 23.8 Å². The number of hydrogen-bond acceptors (Lipinski definition) is 4. The number of hydrogen-bond donors (Lipinski definition) is 1. The highest BCUT2D eigenvalue weighted by molar-refractivity contribution is 7.98. The number of thioether (sulfide) groups is 1. The predicted molar refractivity (Wildman–Crippen MR) is 64.0 cm³/mol. The molecule has 0 radical (unpaired) electrons. The molecule has 0 aliphatic carbocycles. The van der Waals surface area contributed by atoms with Gasteiger partial charge in [0.1, 0.15) is 5.69 Å². The van der Waals surface area contributed by atoms with Crippen molar-refractivity contribution >= 4 is 23.1 Å². The number of nitrogens with zero attached hydrogens (tertiary/aromatic N) is 1.